The van der Waals surface area contributed by atoms with E-state index in [0.717, 1.165) is 12.8 Å². The van der Waals surface area contributed by atoms with E-state index in [-0.39, 0.29) is 11.6 Å². The molecule has 1 aromatic carbocycles. The Morgan fingerprint density at radius 2 is 1.75 bits per heavy atom. The van der Waals surface area contributed by atoms with E-state index in [0.29, 0.717) is 17.8 Å². The standard InChI is InChI=1S/C17H25F2N/c1-17(2)9-7-12(8-10-17)16(20-3)11-13-14(18)5-4-6-15(13)19/h4-6,12,16,20H,7-11H2,1-3H3. The van der Waals surface area contributed by atoms with Gasteiger partial charge in [-0.2, -0.15) is 0 Å². The zero-order chi connectivity index (χ0) is 14.8. The van der Waals surface area contributed by atoms with Gasteiger partial charge >= 0.3 is 0 Å². The van der Waals surface area contributed by atoms with Crippen molar-refractivity contribution < 1.29 is 8.78 Å². The second kappa shape index (κ2) is 6.21. The van der Waals surface area contributed by atoms with Crippen LogP contribution in [0.2, 0.25) is 0 Å². The molecule has 0 heterocycles. The first-order valence-electron chi connectivity index (χ1n) is 7.53. The van der Waals surface area contributed by atoms with Gasteiger partial charge in [0.15, 0.2) is 0 Å². The van der Waals surface area contributed by atoms with Gasteiger partial charge in [-0.3, -0.25) is 0 Å². The summed E-state index contributed by atoms with van der Waals surface area (Å²) in [6.45, 7) is 4.60. The number of nitrogens with one attached hydrogen (secondary N) is 1. The fourth-order valence-corrected chi connectivity index (χ4v) is 3.28. The number of halogens is 2. The van der Waals surface area contributed by atoms with Gasteiger partial charge in [0.2, 0.25) is 0 Å². The molecule has 2 rings (SSSR count). The van der Waals surface area contributed by atoms with Crippen LogP contribution in [0.5, 0.6) is 0 Å². The predicted octanol–water partition coefficient (Wildman–Crippen LogP) is 4.31. The molecule has 0 amide bonds. The first-order valence-corrected chi connectivity index (χ1v) is 7.53. The molecule has 0 spiro atoms. The molecule has 20 heavy (non-hydrogen) atoms. The minimum absolute atomic E-state index is 0.150. The minimum Gasteiger partial charge on any atom is -0.316 e. The van der Waals surface area contributed by atoms with Crippen molar-refractivity contribution in [1.29, 1.82) is 0 Å². The summed E-state index contributed by atoms with van der Waals surface area (Å²) < 4.78 is 27.5. The van der Waals surface area contributed by atoms with Gasteiger partial charge < -0.3 is 5.32 Å². The van der Waals surface area contributed by atoms with Gasteiger partial charge in [-0.25, -0.2) is 8.78 Å². The Bertz CT molecular complexity index is 426. The van der Waals surface area contributed by atoms with Crippen molar-refractivity contribution in [2.24, 2.45) is 11.3 Å². The summed E-state index contributed by atoms with van der Waals surface area (Å²) in [4.78, 5) is 0. The van der Waals surface area contributed by atoms with E-state index in [1.165, 1.54) is 31.0 Å². The van der Waals surface area contributed by atoms with Crippen LogP contribution in [0.3, 0.4) is 0 Å². The van der Waals surface area contributed by atoms with E-state index < -0.39 is 11.6 Å². The Kier molecular flexibility index (Phi) is 4.79. The topological polar surface area (TPSA) is 12.0 Å². The van der Waals surface area contributed by atoms with Crippen molar-refractivity contribution in [3.05, 3.63) is 35.4 Å². The van der Waals surface area contributed by atoms with E-state index in [1.807, 2.05) is 7.05 Å². The largest absolute Gasteiger partial charge is 0.316 e. The van der Waals surface area contributed by atoms with Crippen LogP contribution in [0.4, 0.5) is 8.78 Å². The van der Waals surface area contributed by atoms with Crippen LogP contribution in [-0.2, 0) is 6.42 Å². The lowest BCUT2D eigenvalue weighted by molar-refractivity contribution is 0.163. The molecule has 0 aromatic heterocycles. The van der Waals surface area contributed by atoms with Crippen LogP contribution in [0, 0.1) is 23.0 Å². The van der Waals surface area contributed by atoms with Gasteiger partial charge in [-0.15, -0.1) is 0 Å². The third-order valence-electron chi connectivity index (χ3n) is 4.81. The monoisotopic (exact) mass is 281 g/mol. The molecule has 1 aliphatic carbocycles. The molecule has 3 heteroatoms. The highest BCUT2D eigenvalue weighted by molar-refractivity contribution is 5.21. The third kappa shape index (κ3) is 3.57. The van der Waals surface area contributed by atoms with Crippen molar-refractivity contribution in [2.75, 3.05) is 7.05 Å². The van der Waals surface area contributed by atoms with Gasteiger partial charge in [0.1, 0.15) is 11.6 Å². The first-order chi connectivity index (χ1) is 9.43. The first kappa shape index (κ1) is 15.4. The SMILES string of the molecule is CNC(Cc1c(F)cccc1F)C1CCC(C)(C)CC1. The lowest BCUT2D eigenvalue weighted by atomic mass is 9.70. The second-order valence-corrected chi connectivity index (χ2v) is 6.80. The Morgan fingerprint density at radius 3 is 2.25 bits per heavy atom. The molecular weight excluding hydrogens is 256 g/mol. The fourth-order valence-electron chi connectivity index (χ4n) is 3.28. The molecule has 1 aliphatic rings. The van der Waals surface area contributed by atoms with Crippen LogP contribution in [0.1, 0.15) is 45.1 Å². The minimum atomic E-state index is -0.429. The maximum absolute atomic E-state index is 13.8. The summed E-state index contributed by atoms with van der Waals surface area (Å²) >= 11 is 0. The van der Waals surface area contributed by atoms with Gasteiger partial charge in [-0.05, 0) is 62.6 Å². The molecule has 1 N–H and O–H groups in total. The van der Waals surface area contributed by atoms with Crippen molar-refractivity contribution in [1.82, 2.24) is 5.32 Å². The van der Waals surface area contributed by atoms with Gasteiger partial charge in [0.05, 0.1) is 0 Å². The Balaban J connectivity index is 2.06. The molecule has 0 radical (unpaired) electrons. The van der Waals surface area contributed by atoms with E-state index in [1.54, 1.807) is 0 Å². The molecule has 1 aromatic rings. The van der Waals surface area contributed by atoms with Crippen molar-refractivity contribution >= 4 is 0 Å². The normalized spacial score (nSPS) is 20.9. The number of hydrogen-bond acceptors (Lipinski definition) is 1. The van der Waals surface area contributed by atoms with E-state index >= 15 is 0 Å². The fraction of sp³-hybridized carbons (Fsp3) is 0.647. The molecular formula is C17H25F2N. The van der Waals surface area contributed by atoms with Crippen molar-refractivity contribution in [2.45, 2.75) is 52.0 Å². The molecule has 0 aliphatic heterocycles. The molecule has 0 bridgehead atoms. The third-order valence-corrected chi connectivity index (χ3v) is 4.81. The second-order valence-electron chi connectivity index (χ2n) is 6.80. The molecule has 1 unspecified atom stereocenters. The van der Waals surface area contributed by atoms with Crippen LogP contribution >= 0.6 is 0 Å². The molecule has 112 valence electrons. The molecule has 1 nitrogen and oxygen atoms in total. The molecule has 1 fully saturated rings. The summed E-state index contributed by atoms with van der Waals surface area (Å²) in [7, 11) is 1.89. The smallest absolute Gasteiger partial charge is 0.129 e. The number of benzene rings is 1. The van der Waals surface area contributed by atoms with Gasteiger partial charge in [0, 0.05) is 11.6 Å². The summed E-state index contributed by atoms with van der Waals surface area (Å²) in [5.74, 6) is -0.352. The Morgan fingerprint density at radius 1 is 1.20 bits per heavy atom. The highest BCUT2D eigenvalue weighted by atomic mass is 19.1. The van der Waals surface area contributed by atoms with E-state index in [9.17, 15) is 8.78 Å². The molecule has 1 atom stereocenters. The zero-order valence-electron chi connectivity index (χ0n) is 12.7. The Labute approximate surface area is 120 Å². The number of likely N-dealkylation sites (N-methyl/N-ethyl adjacent to an activating group) is 1. The quantitative estimate of drug-likeness (QED) is 0.867. The molecule has 0 saturated heterocycles. The van der Waals surface area contributed by atoms with Crippen LogP contribution in [0.15, 0.2) is 18.2 Å². The van der Waals surface area contributed by atoms with Crippen LogP contribution < -0.4 is 5.32 Å². The lowest BCUT2D eigenvalue weighted by Crippen LogP contribution is -2.39. The summed E-state index contributed by atoms with van der Waals surface area (Å²) in [6.07, 6.45) is 5.08. The maximum atomic E-state index is 13.8. The van der Waals surface area contributed by atoms with Crippen molar-refractivity contribution in [3.8, 4) is 0 Å². The van der Waals surface area contributed by atoms with Crippen molar-refractivity contribution in [3.63, 3.8) is 0 Å². The average molecular weight is 281 g/mol. The van der Waals surface area contributed by atoms with E-state index in [4.69, 9.17) is 0 Å². The average Bonchev–Trinajstić information content (AvgIpc) is 2.39. The summed E-state index contributed by atoms with van der Waals surface area (Å²) in [6, 6.07) is 4.26. The van der Waals surface area contributed by atoms with Crippen LogP contribution in [-0.4, -0.2) is 13.1 Å². The van der Waals surface area contributed by atoms with E-state index in [2.05, 4.69) is 19.2 Å². The van der Waals surface area contributed by atoms with Gasteiger partial charge in [-0.1, -0.05) is 19.9 Å². The summed E-state index contributed by atoms with van der Waals surface area (Å²) in [5, 5.41) is 3.27. The zero-order valence-corrected chi connectivity index (χ0v) is 12.7. The lowest BCUT2D eigenvalue weighted by Gasteiger charge is -2.38. The highest BCUT2D eigenvalue weighted by Gasteiger charge is 2.31. The predicted molar refractivity (Wildman–Crippen MR) is 78.6 cm³/mol. The molecule has 1 saturated carbocycles. The van der Waals surface area contributed by atoms with Crippen LogP contribution in [0.25, 0.3) is 0 Å². The number of hydrogen-bond donors (Lipinski definition) is 1. The maximum Gasteiger partial charge on any atom is 0.129 e. The number of rotatable bonds is 4. The highest BCUT2D eigenvalue weighted by Crippen LogP contribution is 2.39. The summed E-state index contributed by atoms with van der Waals surface area (Å²) in [5.41, 5.74) is 0.634. The van der Waals surface area contributed by atoms with Gasteiger partial charge in [0.25, 0.3) is 0 Å². The Hall–Kier alpha value is -0.960.